The molecule has 0 aliphatic rings. The maximum Gasteiger partial charge on any atom is 0.296 e. The van der Waals surface area contributed by atoms with Crippen LogP contribution in [0.4, 0.5) is 5.69 Å². The molecule has 1 aromatic carbocycles. The lowest BCUT2D eigenvalue weighted by atomic mass is 10.1. The van der Waals surface area contributed by atoms with E-state index in [-0.39, 0.29) is 5.76 Å². The number of aromatic nitrogens is 1. The van der Waals surface area contributed by atoms with Crippen LogP contribution in [-0.2, 0) is 9.59 Å². The average Bonchev–Trinajstić information content (AvgIpc) is 2.55. The highest BCUT2D eigenvalue weighted by Gasteiger charge is 2.13. The maximum absolute atomic E-state index is 11.8. The average molecular weight is 298 g/mol. The summed E-state index contributed by atoms with van der Waals surface area (Å²) in [5.41, 5.74) is 0.807. The van der Waals surface area contributed by atoms with Crippen molar-refractivity contribution in [1.82, 2.24) is 4.98 Å². The van der Waals surface area contributed by atoms with Crippen LogP contribution in [0.2, 0.25) is 0 Å². The zero-order chi connectivity index (χ0) is 15.9. The van der Waals surface area contributed by atoms with Gasteiger partial charge < -0.3 is 15.2 Å². The van der Waals surface area contributed by atoms with E-state index in [4.69, 9.17) is 4.74 Å². The second kappa shape index (κ2) is 7.03. The van der Waals surface area contributed by atoms with Crippen molar-refractivity contribution in [3.05, 3.63) is 60.4 Å². The number of benzene rings is 1. The fourth-order valence-electron chi connectivity index (χ4n) is 1.66. The highest BCUT2D eigenvalue weighted by Crippen LogP contribution is 2.16. The molecule has 112 valence electrons. The molecule has 1 aromatic heterocycles. The highest BCUT2D eigenvalue weighted by atomic mass is 16.5. The van der Waals surface area contributed by atoms with Gasteiger partial charge in [0.2, 0.25) is 5.78 Å². The second-order valence-electron chi connectivity index (χ2n) is 4.32. The number of ketones is 1. The number of aliphatic hydroxyl groups is 1. The lowest BCUT2D eigenvalue weighted by Gasteiger charge is -2.04. The van der Waals surface area contributed by atoms with Crippen molar-refractivity contribution >= 4 is 23.1 Å². The van der Waals surface area contributed by atoms with Crippen LogP contribution in [0.3, 0.4) is 0 Å². The molecule has 0 unspecified atom stereocenters. The normalized spacial score (nSPS) is 10.9. The number of pyridine rings is 1. The number of carbonyl (C=O) groups excluding carboxylic acids is 2. The van der Waals surface area contributed by atoms with Crippen LogP contribution in [-0.4, -0.2) is 28.9 Å². The predicted octanol–water partition coefficient (Wildman–Crippen LogP) is 2.20. The fourth-order valence-corrected chi connectivity index (χ4v) is 1.66. The molecule has 6 heteroatoms. The number of amides is 1. The summed E-state index contributed by atoms with van der Waals surface area (Å²) in [4.78, 5) is 27.3. The molecule has 1 amide bonds. The lowest BCUT2D eigenvalue weighted by molar-refractivity contribution is -0.131. The number of carbonyl (C=O) groups is 2. The van der Waals surface area contributed by atoms with Gasteiger partial charge in [-0.3, -0.25) is 14.6 Å². The van der Waals surface area contributed by atoms with Crippen LogP contribution in [0.15, 0.2) is 54.9 Å². The summed E-state index contributed by atoms with van der Waals surface area (Å²) >= 11 is 0. The minimum Gasteiger partial charge on any atom is -0.507 e. The number of hydrogen-bond donors (Lipinski definition) is 2. The largest absolute Gasteiger partial charge is 0.507 e. The standard InChI is InChI=1S/C16H14N2O4/c1-22-13-6-4-11(5-7-13)14(19)9-15(20)16(21)18-12-3-2-8-17-10-12/h2-10,19H,1H3,(H,18,21)/b14-9-. The third-order valence-corrected chi connectivity index (χ3v) is 2.80. The summed E-state index contributed by atoms with van der Waals surface area (Å²) in [6, 6.07) is 9.67. The van der Waals surface area contributed by atoms with E-state index in [0.717, 1.165) is 6.08 Å². The number of methoxy groups -OCH3 is 1. The maximum atomic E-state index is 11.8. The van der Waals surface area contributed by atoms with E-state index in [1.807, 2.05) is 0 Å². The van der Waals surface area contributed by atoms with E-state index >= 15 is 0 Å². The van der Waals surface area contributed by atoms with E-state index in [1.165, 1.54) is 13.3 Å². The van der Waals surface area contributed by atoms with E-state index in [0.29, 0.717) is 17.0 Å². The molecule has 0 atom stereocenters. The topological polar surface area (TPSA) is 88.5 Å². The summed E-state index contributed by atoms with van der Waals surface area (Å²) in [6.07, 6.45) is 3.83. The van der Waals surface area contributed by atoms with Gasteiger partial charge in [0.15, 0.2) is 0 Å². The number of anilines is 1. The zero-order valence-electron chi connectivity index (χ0n) is 11.8. The van der Waals surface area contributed by atoms with Gasteiger partial charge in [-0.2, -0.15) is 0 Å². The molecule has 0 saturated carbocycles. The van der Waals surface area contributed by atoms with Crippen molar-refractivity contribution in [3.63, 3.8) is 0 Å². The van der Waals surface area contributed by atoms with Crippen LogP contribution in [0, 0.1) is 0 Å². The molecule has 0 saturated heterocycles. The molecule has 2 aromatic rings. The lowest BCUT2D eigenvalue weighted by Crippen LogP contribution is -2.21. The quantitative estimate of drug-likeness (QED) is 0.502. The Morgan fingerprint density at radius 1 is 1.23 bits per heavy atom. The molecule has 0 fully saturated rings. The SMILES string of the molecule is COc1ccc(/C(O)=C/C(=O)C(=O)Nc2cccnc2)cc1. The summed E-state index contributed by atoms with van der Waals surface area (Å²) in [6.45, 7) is 0. The Labute approximate surface area is 127 Å². The molecule has 2 N–H and O–H groups in total. The minimum atomic E-state index is -0.864. The first-order valence-corrected chi connectivity index (χ1v) is 6.40. The minimum absolute atomic E-state index is 0.297. The van der Waals surface area contributed by atoms with Gasteiger partial charge in [0, 0.05) is 17.8 Å². The molecule has 22 heavy (non-hydrogen) atoms. The van der Waals surface area contributed by atoms with Gasteiger partial charge in [0.1, 0.15) is 11.5 Å². The first-order chi connectivity index (χ1) is 10.6. The molecule has 1 heterocycles. The van der Waals surface area contributed by atoms with Gasteiger partial charge in [0.05, 0.1) is 19.0 Å². The molecule has 0 spiro atoms. The molecule has 0 aliphatic carbocycles. The van der Waals surface area contributed by atoms with Gasteiger partial charge in [-0.25, -0.2) is 0 Å². The third-order valence-electron chi connectivity index (χ3n) is 2.80. The van der Waals surface area contributed by atoms with Crippen molar-refractivity contribution in [3.8, 4) is 5.75 Å². The highest BCUT2D eigenvalue weighted by molar-refractivity contribution is 6.45. The first kappa shape index (κ1) is 15.2. The van der Waals surface area contributed by atoms with Gasteiger partial charge in [0.25, 0.3) is 5.91 Å². The Bertz CT molecular complexity index is 694. The number of ether oxygens (including phenoxy) is 1. The Hall–Kier alpha value is -3.15. The Morgan fingerprint density at radius 2 is 1.95 bits per heavy atom. The molecular weight excluding hydrogens is 284 g/mol. The van der Waals surface area contributed by atoms with E-state index in [9.17, 15) is 14.7 Å². The first-order valence-electron chi connectivity index (χ1n) is 6.40. The van der Waals surface area contributed by atoms with E-state index in [1.54, 1.807) is 42.6 Å². The van der Waals surface area contributed by atoms with Crippen molar-refractivity contribution in [1.29, 1.82) is 0 Å². The Kier molecular flexibility index (Phi) is 4.87. The molecule has 0 bridgehead atoms. The number of nitrogens with one attached hydrogen (secondary N) is 1. The fraction of sp³-hybridized carbons (Fsp3) is 0.0625. The number of hydrogen-bond acceptors (Lipinski definition) is 5. The third kappa shape index (κ3) is 3.92. The molecular formula is C16H14N2O4. The number of aliphatic hydroxyl groups excluding tert-OH is 1. The van der Waals surface area contributed by atoms with Crippen LogP contribution in [0.5, 0.6) is 5.75 Å². The zero-order valence-corrected chi connectivity index (χ0v) is 11.8. The van der Waals surface area contributed by atoms with Crippen molar-refractivity contribution in [2.75, 3.05) is 12.4 Å². The Balaban J connectivity index is 2.06. The molecule has 6 nitrogen and oxygen atoms in total. The number of nitrogens with zero attached hydrogens (tertiary/aromatic N) is 1. The van der Waals surface area contributed by atoms with E-state index in [2.05, 4.69) is 10.3 Å². The predicted molar refractivity (Wildman–Crippen MR) is 81.5 cm³/mol. The van der Waals surface area contributed by atoms with E-state index < -0.39 is 11.7 Å². The summed E-state index contributed by atoms with van der Waals surface area (Å²) in [5.74, 6) is -1.39. The number of rotatable bonds is 5. The van der Waals surface area contributed by atoms with Crippen molar-refractivity contribution in [2.24, 2.45) is 0 Å². The molecule has 2 rings (SSSR count). The van der Waals surface area contributed by atoms with Gasteiger partial charge >= 0.3 is 0 Å². The smallest absolute Gasteiger partial charge is 0.296 e. The summed E-state index contributed by atoms with van der Waals surface area (Å²) in [5, 5.41) is 12.3. The van der Waals surface area contributed by atoms with Crippen molar-refractivity contribution in [2.45, 2.75) is 0 Å². The van der Waals surface area contributed by atoms with Crippen molar-refractivity contribution < 1.29 is 19.4 Å². The summed E-state index contributed by atoms with van der Waals surface area (Å²) < 4.78 is 5.00. The van der Waals surface area contributed by atoms with Crippen LogP contribution < -0.4 is 10.1 Å². The van der Waals surface area contributed by atoms with Crippen LogP contribution >= 0.6 is 0 Å². The molecule has 0 aliphatic heterocycles. The monoisotopic (exact) mass is 298 g/mol. The van der Waals surface area contributed by atoms with Gasteiger partial charge in [-0.1, -0.05) is 0 Å². The van der Waals surface area contributed by atoms with Gasteiger partial charge in [-0.15, -0.1) is 0 Å². The summed E-state index contributed by atoms with van der Waals surface area (Å²) in [7, 11) is 1.52. The molecule has 0 radical (unpaired) electrons. The van der Waals surface area contributed by atoms with Crippen LogP contribution in [0.1, 0.15) is 5.56 Å². The second-order valence-corrected chi connectivity index (χ2v) is 4.32. The van der Waals surface area contributed by atoms with Crippen LogP contribution in [0.25, 0.3) is 5.76 Å². The Morgan fingerprint density at radius 3 is 2.55 bits per heavy atom. The van der Waals surface area contributed by atoms with Gasteiger partial charge in [-0.05, 0) is 36.4 Å².